The first-order valence-corrected chi connectivity index (χ1v) is 6.11. The lowest BCUT2D eigenvalue weighted by atomic mass is 10.0. The molecule has 0 fully saturated rings. The molecule has 4 nitrogen and oxygen atoms in total. The molecule has 2 atom stereocenters. The number of carbonyl (C=O) groups excluding carboxylic acids is 1. The Morgan fingerprint density at radius 2 is 2.17 bits per heavy atom. The number of rotatable bonds is 4. The smallest absolute Gasteiger partial charge is 0.308 e. The Morgan fingerprint density at radius 3 is 2.67 bits per heavy atom. The predicted octanol–water partition coefficient (Wildman–Crippen LogP) is 2.20. The van der Waals surface area contributed by atoms with E-state index < -0.39 is 30.4 Å². The largest absolute Gasteiger partial charge is 0.469 e. The third-order valence-corrected chi connectivity index (χ3v) is 3.18. The Labute approximate surface area is 116 Å². The minimum atomic E-state index is -1.56. The molecule has 1 aromatic carbocycles. The zero-order chi connectivity index (χ0) is 13.9. The summed E-state index contributed by atoms with van der Waals surface area (Å²) in [5.41, 5.74) is -0.157. The molecule has 0 aliphatic carbocycles. The zero-order valence-electron chi connectivity index (χ0n) is 9.36. The minimum absolute atomic E-state index is 0.151. The van der Waals surface area contributed by atoms with Crippen LogP contribution < -0.4 is 0 Å². The molecule has 0 saturated carbocycles. The van der Waals surface area contributed by atoms with E-state index in [0.29, 0.717) is 0 Å². The minimum Gasteiger partial charge on any atom is -0.469 e. The third-order valence-electron chi connectivity index (χ3n) is 2.31. The van der Waals surface area contributed by atoms with E-state index in [0.717, 1.165) is 13.2 Å². The fraction of sp³-hybridized carbons (Fsp3) is 0.364. The number of methoxy groups -OCH3 is 1. The number of halogens is 3. The summed E-state index contributed by atoms with van der Waals surface area (Å²) in [5.74, 6) is -1.47. The van der Waals surface area contributed by atoms with Gasteiger partial charge in [0.25, 0.3) is 0 Å². The fourth-order valence-corrected chi connectivity index (χ4v) is 2.40. The van der Waals surface area contributed by atoms with Gasteiger partial charge in [-0.05, 0) is 12.1 Å². The maximum Gasteiger partial charge on any atom is 0.308 e. The van der Waals surface area contributed by atoms with Crippen molar-refractivity contribution in [3.05, 3.63) is 33.0 Å². The van der Waals surface area contributed by atoms with Crippen molar-refractivity contribution in [3.8, 4) is 0 Å². The van der Waals surface area contributed by atoms with Crippen molar-refractivity contribution in [1.29, 1.82) is 0 Å². The van der Waals surface area contributed by atoms with Crippen LogP contribution >= 0.6 is 27.5 Å². The summed E-state index contributed by atoms with van der Waals surface area (Å²) < 4.78 is 18.2. The molecular weight excluding hydrogens is 330 g/mol. The summed E-state index contributed by atoms with van der Waals surface area (Å²) in [4.78, 5) is 11.0. The highest BCUT2D eigenvalue weighted by atomic mass is 79.9. The van der Waals surface area contributed by atoms with E-state index in [4.69, 9.17) is 11.6 Å². The summed E-state index contributed by atoms with van der Waals surface area (Å²) in [5, 5.41) is 19.6. The van der Waals surface area contributed by atoms with Crippen LogP contribution in [-0.4, -0.2) is 29.4 Å². The van der Waals surface area contributed by atoms with Crippen LogP contribution in [0, 0.1) is 5.82 Å². The van der Waals surface area contributed by atoms with Gasteiger partial charge in [0.2, 0.25) is 0 Å². The normalized spacial score (nSPS) is 14.1. The topological polar surface area (TPSA) is 66.8 Å². The first-order valence-electron chi connectivity index (χ1n) is 4.94. The molecule has 1 aromatic rings. The Bertz CT molecular complexity index is 432. The van der Waals surface area contributed by atoms with Gasteiger partial charge in [0, 0.05) is 15.1 Å². The second-order valence-electron chi connectivity index (χ2n) is 3.58. The molecule has 0 aliphatic heterocycles. The average Bonchev–Trinajstić information content (AvgIpc) is 2.27. The molecule has 7 heteroatoms. The maximum atomic E-state index is 13.6. The highest BCUT2D eigenvalue weighted by Gasteiger charge is 2.26. The zero-order valence-corrected chi connectivity index (χ0v) is 11.7. The van der Waals surface area contributed by atoms with Crippen molar-refractivity contribution >= 4 is 33.5 Å². The van der Waals surface area contributed by atoms with Crippen LogP contribution in [0.1, 0.15) is 18.1 Å². The molecule has 0 spiro atoms. The standard InChI is InChI=1S/C11H11BrClFO4/c1-18-9(16)4-8(15)11(17)10-6(12)2-5(13)3-7(10)14/h2-3,8,11,15,17H,4H2,1H3. The first kappa shape index (κ1) is 15.4. The fourth-order valence-electron chi connectivity index (χ4n) is 1.39. The van der Waals surface area contributed by atoms with Gasteiger partial charge in [0.05, 0.1) is 19.6 Å². The molecule has 2 N–H and O–H groups in total. The van der Waals surface area contributed by atoms with E-state index in [9.17, 15) is 19.4 Å². The van der Waals surface area contributed by atoms with Crippen molar-refractivity contribution in [1.82, 2.24) is 0 Å². The van der Waals surface area contributed by atoms with Gasteiger partial charge < -0.3 is 14.9 Å². The summed E-state index contributed by atoms with van der Waals surface area (Å²) >= 11 is 8.66. The van der Waals surface area contributed by atoms with E-state index in [1.807, 2.05) is 0 Å². The number of benzene rings is 1. The molecule has 0 amide bonds. The van der Waals surface area contributed by atoms with Crippen molar-refractivity contribution in [2.24, 2.45) is 0 Å². The summed E-state index contributed by atoms with van der Waals surface area (Å²) in [6.07, 6.45) is -3.47. The van der Waals surface area contributed by atoms with E-state index in [1.54, 1.807) is 0 Å². The molecule has 0 aromatic heterocycles. The van der Waals surface area contributed by atoms with E-state index in [2.05, 4.69) is 20.7 Å². The van der Waals surface area contributed by atoms with Gasteiger partial charge in [0.15, 0.2) is 0 Å². The van der Waals surface area contributed by atoms with Gasteiger partial charge in [-0.25, -0.2) is 4.39 Å². The Hall–Kier alpha value is -0.690. The average molecular weight is 342 g/mol. The number of aliphatic hydroxyl groups excluding tert-OH is 2. The van der Waals surface area contributed by atoms with Crippen molar-refractivity contribution in [2.45, 2.75) is 18.6 Å². The van der Waals surface area contributed by atoms with Crippen LogP contribution in [-0.2, 0) is 9.53 Å². The molecular formula is C11H11BrClFO4. The summed E-state index contributed by atoms with van der Waals surface area (Å²) in [6.45, 7) is 0. The highest BCUT2D eigenvalue weighted by molar-refractivity contribution is 9.10. The second-order valence-corrected chi connectivity index (χ2v) is 4.87. The Morgan fingerprint density at radius 1 is 1.56 bits per heavy atom. The Kier molecular flexibility index (Phi) is 5.52. The number of carbonyl (C=O) groups is 1. The molecule has 0 heterocycles. The number of aliphatic hydroxyl groups is 2. The van der Waals surface area contributed by atoms with Crippen LogP contribution in [0.5, 0.6) is 0 Å². The number of hydrogen-bond donors (Lipinski definition) is 2. The molecule has 0 saturated heterocycles. The van der Waals surface area contributed by atoms with Gasteiger partial charge in [-0.3, -0.25) is 4.79 Å². The lowest BCUT2D eigenvalue weighted by molar-refractivity contribution is -0.144. The van der Waals surface area contributed by atoms with Gasteiger partial charge in [-0.1, -0.05) is 27.5 Å². The summed E-state index contributed by atoms with van der Waals surface area (Å²) in [6, 6.07) is 2.39. The van der Waals surface area contributed by atoms with E-state index >= 15 is 0 Å². The molecule has 18 heavy (non-hydrogen) atoms. The lowest BCUT2D eigenvalue weighted by Crippen LogP contribution is -2.23. The molecule has 0 aliphatic rings. The van der Waals surface area contributed by atoms with E-state index in [-0.39, 0.29) is 15.1 Å². The molecule has 100 valence electrons. The van der Waals surface area contributed by atoms with Gasteiger partial charge in [0.1, 0.15) is 11.9 Å². The van der Waals surface area contributed by atoms with Gasteiger partial charge >= 0.3 is 5.97 Å². The molecule has 2 unspecified atom stereocenters. The highest BCUT2D eigenvalue weighted by Crippen LogP contribution is 2.32. The van der Waals surface area contributed by atoms with Crippen LogP contribution in [0.4, 0.5) is 4.39 Å². The number of hydrogen-bond acceptors (Lipinski definition) is 4. The van der Waals surface area contributed by atoms with Crippen molar-refractivity contribution in [2.75, 3.05) is 7.11 Å². The van der Waals surface area contributed by atoms with Gasteiger partial charge in [-0.2, -0.15) is 0 Å². The number of ether oxygens (including phenoxy) is 1. The van der Waals surface area contributed by atoms with Crippen molar-refractivity contribution in [3.63, 3.8) is 0 Å². The monoisotopic (exact) mass is 340 g/mol. The lowest BCUT2D eigenvalue weighted by Gasteiger charge is -2.19. The molecule has 0 radical (unpaired) electrons. The predicted molar refractivity (Wildman–Crippen MR) is 66.7 cm³/mol. The third kappa shape index (κ3) is 3.65. The van der Waals surface area contributed by atoms with Crippen LogP contribution in [0.2, 0.25) is 5.02 Å². The van der Waals surface area contributed by atoms with Gasteiger partial charge in [-0.15, -0.1) is 0 Å². The molecule has 1 rings (SSSR count). The van der Waals surface area contributed by atoms with Crippen LogP contribution in [0.15, 0.2) is 16.6 Å². The van der Waals surface area contributed by atoms with Crippen molar-refractivity contribution < 1.29 is 24.1 Å². The second kappa shape index (κ2) is 6.47. The number of esters is 1. The summed E-state index contributed by atoms with van der Waals surface area (Å²) in [7, 11) is 1.15. The quantitative estimate of drug-likeness (QED) is 0.824. The molecule has 0 bridgehead atoms. The van der Waals surface area contributed by atoms with E-state index in [1.165, 1.54) is 6.07 Å². The first-order chi connectivity index (χ1) is 8.36. The maximum absolute atomic E-state index is 13.6. The SMILES string of the molecule is COC(=O)CC(O)C(O)c1c(F)cc(Cl)cc1Br. The van der Waals surface area contributed by atoms with Crippen LogP contribution in [0.25, 0.3) is 0 Å². The van der Waals surface area contributed by atoms with Crippen LogP contribution in [0.3, 0.4) is 0 Å². The Balaban J connectivity index is 2.96.